The molecule has 0 amide bonds. The van der Waals surface area contributed by atoms with Gasteiger partial charge in [0.05, 0.1) is 19.8 Å². The lowest BCUT2D eigenvalue weighted by Crippen LogP contribution is -2.34. The van der Waals surface area contributed by atoms with E-state index in [4.69, 9.17) is 14.2 Å². The molecular weight excluding hydrogens is 244 g/mol. The maximum absolute atomic E-state index is 5.42. The van der Waals surface area contributed by atoms with Crippen LogP contribution in [0.1, 0.15) is 20.3 Å². The Morgan fingerprint density at radius 3 is 2.00 bits per heavy atom. The van der Waals surface area contributed by atoms with Crippen molar-refractivity contribution in [1.82, 2.24) is 10.2 Å². The molecule has 0 saturated heterocycles. The standard InChI is InChI=1S/C14H32N2O3/c1-4-18-13-10-16(11-14-19-5-2)9-6-7-15-8-12-17-3/h15H,4-14H2,1-3H3. The first-order valence-corrected chi connectivity index (χ1v) is 7.42. The number of hydrogen-bond donors (Lipinski definition) is 1. The van der Waals surface area contributed by atoms with Gasteiger partial charge in [0.2, 0.25) is 0 Å². The zero-order chi connectivity index (χ0) is 14.2. The molecular formula is C14H32N2O3. The Kier molecular flexibility index (Phi) is 15.7. The van der Waals surface area contributed by atoms with E-state index in [2.05, 4.69) is 10.2 Å². The minimum absolute atomic E-state index is 0.776. The predicted molar refractivity (Wildman–Crippen MR) is 78.8 cm³/mol. The summed E-state index contributed by atoms with van der Waals surface area (Å²) in [6.45, 7) is 13.0. The van der Waals surface area contributed by atoms with Crippen molar-refractivity contribution in [3.63, 3.8) is 0 Å². The summed E-state index contributed by atoms with van der Waals surface area (Å²) in [5.74, 6) is 0. The summed E-state index contributed by atoms with van der Waals surface area (Å²) >= 11 is 0. The molecule has 0 aromatic carbocycles. The Bertz CT molecular complexity index is 161. The fourth-order valence-corrected chi connectivity index (χ4v) is 1.74. The van der Waals surface area contributed by atoms with E-state index in [-0.39, 0.29) is 0 Å². The summed E-state index contributed by atoms with van der Waals surface area (Å²) in [6.07, 6.45) is 1.14. The molecule has 0 heterocycles. The Balaban J connectivity index is 3.58. The lowest BCUT2D eigenvalue weighted by Gasteiger charge is -2.22. The monoisotopic (exact) mass is 276 g/mol. The van der Waals surface area contributed by atoms with E-state index in [1.54, 1.807) is 7.11 Å². The molecule has 0 aliphatic carbocycles. The van der Waals surface area contributed by atoms with Crippen molar-refractivity contribution in [2.75, 3.05) is 72.9 Å². The molecule has 0 aliphatic heterocycles. The van der Waals surface area contributed by atoms with Gasteiger partial charge in [-0.05, 0) is 33.4 Å². The van der Waals surface area contributed by atoms with Crippen molar-refractivity contribution in [2.45, 2.75) is 20.3 Å². The molecule has 116 valence electrons. The fourth-order valence-electron chi connectivity index (χ4n) is 1.74. The van der Waals surface area contributed by atoms with Crippen LogP contribution in [0.25, 0.3) is 0 Å². The average Bonchev–Trinajstić information content (AvgIpc) is 2.42. The quantitative estimate of drug-likeness (QED) is 0.452. The summed E-state index contributed by atoms with van der Waals surface area (Å²) in [5.41, 5.74) is 0. The molecule has 0 saturated carbocycles. The first kappa shape index (κ1) is 18.8. The molecule has 0 atom stereocenters. The van der Waals surface area contributed by atoms with Crippen molar-refractivity contribution in [1.29, 1.82) is 0 Å². The molecule has 0 rings (SSSR count). The van der Waals surface area contributed by atoms with Crippen molar-refractivity contribution in [3.8, 4) is 0 Å². The van der Waals surface area contributed by atoms with Crippen molar-refractivity contribution >= 4 is 0 Å². The molecule has 0 aromatic heterocycles. The second-order valence-corrected chi connectivity index (χ2v) is 4.33. The van der Waals surface area contributed by atoms with Crippen LogP contribution in [0.3, 0.4) is 0 Å². The smallest absolute Gasteiger partial charge is 0.0593 e. The van der Waals surface area contributed by atoms with E-state index in [1.165, 1.54) is 0 Å². The number of rotatable bonds is 15. The summed E-state index contributed by atoms with van der Waals surface area (Å²) in [4.78, 5) is 2.41. The lowest BCUT2D eigenvalue weighted by molar-refractivity contribution is 0.0823. The first-order chi connectivity index (χ1) is 9.35. The zero-order valence-electron chi connectivity index (χ0n) is 13.0. The second kappa shape index (κ2) is 15.9. The Labute approximate surface area is 118 Å². The topological polar surface area (TPSA) is 43.0 Å². The van der Waals surface area contributed by atoms with E-state index in [0.29, 0.717) is 0 Å². The van der Waals surface area contributed by atoms with Crippen LogP contribution >= 0.6 is 0 Å². The highest BCUT2D eigenvalue weighted by molar-refractivity contribution is 4.59. The van der Waals surface area contributed by atoms with Crippen LogP contribution in [0.4, 0.5) is 0 Å². The third-order valence-electron chi connectivity index (χ3n) is 2.82. The summed E-state index contributed by atoms with van der Waals surface area (Å²) < 4.78 is 15.8. The highest BCUT2D eigenvalue weighted by Crippen LogP contribution is 1.93. The number of ether oxygens (including phenoxy) is 3. The zero-order valence-corrected chi connectivity index (χ0v) is 13.0. The van der Waals surface area contributed by atoms with Gasteiger partial charge in [0.15, 0.2) is 0 Å². The van der Waals surface area contributed by atoms with Crippen LogP contribution < -0.4 is 5.32 Å². The maximum Gasteiger partial charge on any atom is 0.0593 e. The van der Waals surface area contributed by atoms with E-state index in [0.717, 1.165) is 72.2 Å². The molecule has 0 aliphatic rings. The second-order valence-electron chi connectivity index (χ2n) is 4.33. The third-order valence-corrected chi connectivity index (χ3v) is 2.82. The Morgan fingerprint density at radius 1 is 0.842 bits per heavy atom. The van der Waals surface area contributed by atoms with Crippen LogP contribution in [0.15, 0.2) is 0 Å². The minimum Gasteiger partial charge on any atom is -0.383 e. The summed E-state index contributed by atoms with van der Waals surface area (Å²) in [6, 6.07) is 0. The van der Waals surface area contributed by atoms with E-state index in [9.17, 15) is 0 Å². The summed E-state index contributed by atoms with van der Waals surface area (Å²) in [5, 5.41) is 3.36. The third kappa shape index (κ3) is 14.0. The van der Waals surface area contributed by atoms with Gasteiger partial charge in [-0.1, -0.05) is 0 Å². The van der Waals surface area contributed by atoms with Gasteiger partial charge in [0.1, 0.15) is 0 Å². The highest BCUT2D eigenvalue weighted by atomic mass is 16.5. The van der Waals surface area contributed by atoms with Crippen LogP contribution in [0.2, 0.25) is 0 Å². The van der Waals surface area contributed by atoms with Gasteiger partial charge < -0.3 is 19.5 Å². The summed E-state index contributed by atoms with van der Waals surface area (Å²) in [7, 11) is 1.73. The Morgan fingerprint density at radius 2 is 1.47 bits per heavy atom. The number of nitrogens with zero attached hydrogens (tertiary/aromatic N) is 1. The molecule has 0 unspecified atom stereocenters. The van der Waals surface area contributed by atoms with Crippen molar-refractivity contribution in [2.24, 2.45) is 0 Å². The van der Waals surface area contributed by atoms with Gasteiger partial charge in [-0.3, -0.25) is 4.90 Å². The number of nitrogens with one attached hydrogen (secondary N) is 1. The SMILES string of the molecule is CCOCCN(CCCNCCOC)CCOCC. The number of hydrogen-bond acceptors (Lipinski definition) is 5. The number of methoxy groups -OCH3 is 1. The fraction of sp³-hybridized carbons (Fsp3) is 1.00. The predicted octanol–water partition coefficient (Wildman–Crippen LogP) is 0.988. The van der Waals surface area contributed by atoms with E-state index in [1.807, 2.05) is 13.8 Å². The minimum atomic E-state index is 0.776. The van der Waals surface area contributed by atoms with Crippen molar-refractivity contribution in [3.05, 3.63) is 0 Å². The van der Waals surface area contributed by atoms with Gasteiger partial charge in [-0.25, -0.2) is 0 Å². The molecule has 5 nitrogen and oxygen atoms in total. The molecule has 0 fully saturated rings. The van der Waals surface area contributed by atoms with Gasteiger partial charge in [-0.15, -0.1) is 0 Å². The Hall–Kier alpha value is -0.200. The normalized spacial score (nSPS) is 11.4. The van der Waals surface area contributed by atoms with Crippen LogP contribution in [-0.4, -0.2) is 77.8 Å². The molecule has 19 heavy (non-hydrogen) atoms. The van der Waals surface area contributed by atoms with Crippen LogP contribution in [0, 0.1) is 0 Å². The van der Waals surface area contributed by atoms with Crippen LogP contribution in [0.5, 0.6) is 0 Å². The van der Waals surface area contributed by atoms with Crippen molar-refractivity contribution < 1.29 is 14.2 Å². The molecule has 0 aromatic rings. The molecule has 5 heteroatoms. The van der Waals surface area contributed by atoms with Gasteiger partial charge in [-0.2, -0.15) is 0 Å². The van der Waals surface area contributed by atoms with E-state index < -0.39 is 0 Å². The largest absolute Gasteiger partial charge is 0.383 e. The first-order valence-electron chi connectivity index (χ1n) is 7.42. The van der Waals surface area contributed by atoms with Gasteiger partial charge in [0, 0.05) is 40.0 Å². The molecule has 0 radical (unpaired) electrons. The maximum atomic E-state index is 5.42. The molecule has 0 bridgehead atoms. The molecule has 0 spiro atoms. The lowest BCUT2D eigenvalue weighted by atomic mass is 10.3. The highest BCUT2D eigenvalue weighted by Gasteiger charge is 2.04. The molecule has 1 N–H and O–H groups in total. The average molecular weight is 276 g/mol. The van der Waals surface area contributed by atoms with E-state index >= 15 is 0 Å². The van der Waals surface area contributed by atoms with Gasteiger partial charge >= 0.3 is 0 Å². The van der Waals surface area contributed by atoms with Crippen LogP contribution in [-0.2, 0) is 14.2 Å². The van der Waals surface area contributed by atoms with Gasteiger partial charge in [0.25, 0.3) is 0 Å².